The largest absolute Gasteiger partial charge is 0.481 e. The third-order valence-corrected chi connectivity index (χ3v) is 5.03. The Kier molecular flexibility index (Phi) is 4.08. The van der Waals surface area contributed by atoms with Crippen molar-refractivity contribution in [1.29, 1.82) is 0 Å². The average molecular weight is 334 g/mol. The van der Waals surface area contributed by atoms with Gasteiger partial charge in [0.2, 0.25) is 0 Å². The zero-order valence-electron chi connectivity index (χ0n) is 13.8. The van der Waals surface area contributed by atoms with Crippen LogP contribution in [0.3, 0.4) is 0 Å². The van der Waals surface area contributed by atoms with E-state index in [0.29, 0.717) is 30.6 Å². The third kappa shape index (κ3) is 2.37. The molecule has 0 aliphatic carbocycles. The highest BCUT2D eigenvalue weighted by atomic mass is 16.4. The van der Waals surface area contributed by atoms with Crippen LogP contribution >= 0.6 is 0 Å². The number of aliphatic hydroxyl groups is 1. The SMILES string of the molecule is CCC[C@]1(C(=O)O)CCN(C(=O)c2cnn3ccn(C)c23)C[C@@H]1O. The van der Waals surface area contributed by atoms with Gasteiger partial charge in [-0.05, 0) is 12.8 Å². The van der Waals surface area contributed by atoms with Crippen molar-refractivity contribution in [1.82, 2.24) is 19.1 Å². The quantitative estimate of drug-likeness (QED) is 0.859. The van der Waals surface area contributed by atoms with E-state index in [4.69, 9.17) is 0 Å². The molecule has 1 aliphatic rings. The summed E-state index contributed by atoms with van der Waals surface area (Å²) in [5.74, 6) is -1.22. The molecule has 0 spiro atoms. The maximum Gasteiger partial charge on any atom is 0.312 e. The van der Waals surface area contributed by atoms with Gasteiger partial charge in [-0.15, -0.1) is 0 Å². The lowest BCUT2D eigenvalue weighted by Gasteiger charge is -2.42. The van der Waals surface area contributed by atoms with Crippen molar-refractivity contribution < 1.29 is 19.8 Å². The highest BCUT2D eigenvalue weighted by molar-refractivity contribution is 6.00. The van der Waals surface area contributed by atoms with E-state index in [1.165, 1.54) is 11.1 Å². The zero-order valence-corrected chi connectivity index (χ0v) is 13.8. The number of piperidine rings is 1. The van der Waals surface area contributed by atoms with Crippen molar-refractivity contribution in [3.63, 3.8) is 0 Å². The molecule has 2 N–H and O–H groups in total. The Labute approximate surface area is 139 Å². The number of amides is 1. The molecule has 2 aromatic rings. The van der Waals surface area contributed by atoms with Gasteiger partial charge < -0.3 is 19.7 Å². The van der Waals surface area contributed by atoms with E-state index in [1.807, 2.05) is 14.0 Å². The van der Waals surface area contributed by atoms with Gasteiger partial charge in [0.15, 0.2) is 0 Å². The van der Waals surface area contributed by atoms with Crippen molar-refractivity contribution in [3.05, 3.63) is 24.2 Å². The molecule has 0 unspecified atom stereocenters. The van der Waals surface area contributed by atoms with Gasteiger partial charge in [-0.3, -0.25) is 9.59 Å². The third-order valence-electron chi connectivity index (χ3n) is 5.03. The molecule has 3 rings (SSSR count). The van der Waals surface area contributed by atoms with Gasteiger partial charge in [0, 0.05) is 32.5 Å². The number of fused-ring (bicyclic) bond motifs is 1. The standard InChI is InChI=1S/C16H22N4O4/c1-3-4-16(15(23)24)5-6-19(10-12(16)21)14(22)11-9-17-20-8-7-18(2)13(11)20/h7-9,12,21H,3-6,10H2,1-2H3,(H,23,24)/t12-,16-/m0/s1. The minimum absolute atomic E-state index is 0.0207. The first-order valence-corrected chi connectivity index (χ1v) is 8.10. The van der Waals surface area contributed by atoms with E-state index in [1.54, 1.807) is 21.5 Å². The van der Waals surface area contributed by atoms with Crippen LogP contribution in [0.15, 0.2) is 18.6 Å². The normalized spacial score (nSPS) is 24.5. The van der Waals surface area contributed by atoms with Crippen LogP contribution in [-0.4, -0.2) is 60.4 Å². The summed E-state index contributed by atoms with van der Waals surface area (Å²) in [4.78, 5) is 26.0. The maximum absolute atomic E-state index is 12.8. The number of likely N-dealkylation sites (tertiary alicyclic amines) is 1. The van der Waals surface area contributed by atoms with Crippen LogP contribution in [0.2, 0.25) is 0 Å². The summed E-state index contributed by atoms with van der Waals surface area (Å²) in [6, 6.07) is 0. The van der Waals surface area contributed by atoms with Gasteiger partial charge in [-0.1, -0.05) is 13.3 Å². The Bertz CT molecular complexity index is 780. The van der Waals surface area contributed by atoms with Crippen LogP contribution in [0, 0.1) is 5.41 Å². The number of hydrogen-bond acceptors (Lipinski definition) is 4. The number of nitrogens with zero attached hydrogens (tertiary/aromatic N) is 4. The molecule has 2 atom stereocenters. The first-order chi connectivity index (χ1) is 11.4. The van der Waals surface area contributed by atoms with Gasteiger partial charge in [-0.25, -0.2) is 4.52 Å². The number of carboxylic acids is 1. The Balaban J connectivity index is 1.84. The lowest BCUT2D eigenvalue weighted by molar-refractivity contribution is -0.162. The molecule has 2 aromatic heterocycles. The number of β-amino-alcohol motifs (C(OH)–C–C–N with tert-alkyl or cyclic N) is 1. The number of aromatic nitrogens is 3. The summed E-state index contributed by atoms with van der Waals surface area (Å²) >= 11 is 0. The Morgan fingerprint density at radius 2 is 2.17 bits per heavy atom. The fraction of sp³-hybridized carbons (Fsp3) is 0.562. The summed E-state index contributed by atoms with van der Waals surface area (Å²) in [5.41, 5.74) is -0.0312. The van der Waals surface area contributed by atoms with Crippen LogP contribution in [0.1, 0.15) is 36.5 Å². The predicted octanol–water partition coefficient (Wildman–Crippen LogP) is 0.751. The lowest BCUT2D eigenvalue weighted by Crippen LogP contribution is -2.56. The van der Waals surface area contributed by atoms with Gasteiger partial charge >= 0.3 is 5.97 Å². The molecular formula is C16H22N4O4. The number of carbonyl (C=O) groups excluding carboxylic acids is 1. The van der Waals surface area contributed by atoms with E-state index in [2.05, 4.69) is 5.10 Å². The van der Waals surface area contributed by atoms with Gasteiger partial charge in [0.1, 0.15) is 11.2 Å². The number of aliphatic hydroxyl groups excluding tert-OH is 1. The van der Waals surface area contributed by atoms with Gasteiger partial charge in [-0.2, -0.15) is 5.10 Å². The first kappa shape index (κ1) is 16.5. The summed E-state index contributed by atoms with van der Waals surface area (Å²) < 4.78 is 3.42. The molecule has 0 radical (unpaired) electrons. The molecule has 8 nitrogen and oxygen atoms in total. The van der Waals surface area contributed by atoms with Crippen LogP contribution in [0.25, 0.3) is 5.65 Å². The molecule has 1 aliphatic heterocycles. The highest BCUT2D eigenvalue weighted by Gasteiger charge is 2.48. The lowest BCUT2D eigenvalue weighted by atomic mass is 9.72. The number of rotatable bonds is 4. The Morgan fingerprint density at radius 3 is 2.79 bits per heavy atom. The molecule has 0 aromatic carbocycles. The highest BCUT2D eigenvalue weighted by Crippen LogP contribution is 2.37. The number of aliphatic carboxylic acids is 1. The number of hydrogen-bond donors (Lipinski definition) is 2. The average Bonchev–Trinajstić information content (AvgIpc) is 3.12. The van der Waals surface area contributed by atoms with Gasteiger partial charge in [0.05, 0.1) is 17.7 Å². The smallest absolute Gasteiger partial charge is 0.312 e. The minimum atomic E-state index is -1.16. The van der Waals surface area contributed by atoms with E-state index >= 15 is 0 Å². The first-order valence-electron chi connectivity index (χ1n) is 8.10. The number of carboxylic acid groups (broad SMARTS) is 1. The monoisotopic (exact) mass is 334 g/mol. The molecule has 0 saturated carbocycles. The molecule has 0 bridgehead atoms. The second-order valence-electron chi connectivity index (χ2n) is 6.46. The van der Waals surface area contributed by atoms with Crippen LogP contribution in [0.4, 0.5) is 0 Å². The van der Waals surface area contributed by atoms with Crippen LogP contribution in [0.5, 0.6) is 0 Å². The molecule has 1 fully saturated rings. The molecule has 8 heteroatoms. The zero-order chi connectivity index (χ0) is 17.5. The Hall–Kier alpha value is -2.35. The molecular weight excluding hydrogens is 312 g/mol. The summed E-state index contributed by atoms with van der Waals surface area (Å²) in [6.07, 6.45) is 5.32. The fourth-order valence-corrected chi connectivity index (χ4v) is 3.63. The molecule has 1 saturated heterocycles. The van der Waals surface area contributed by atoms with E-state index < -0.39 is 17.5 Å². The van der Waals surface area contributed by atoms with Crippen molar-refractivity contribution in [2.24, 2.45) is 12.5 Å². The van der Waals surface area contributed by atoms with Crippen LogP contribution in [-0.2, 0) is 11.8 Å². The van der Waals surface area contributed by atoms with Crippen molar-refractivity contribution in [2.75, 3.05) is 13.1 Å². The summed E-state index contributed by atoms with van der Waals surface area (Å²) in [5, 5.41) is 24.2. The van der Waals surface area contributed by atoms with Gasteiger partial charge in [0.25, 0.3) is 5.91 Å². The number of imidazole rings is 1. The number of carbonyl (C=O) groups is 2. The molecule has 24 heavy (non-hydrogen) atoms. The predicted molar refractivity (Wildman–Crippen MR) is 85.7 cm³/mol. The second kappa shape index (κ2) is 5.94. The summed E-state index contributed by atoms with van der Waals surface area (Å²) in [7, 11) is 1.83. The number of aryl methyl sites for hydroxylation is 1. The fourth-order valence-electron chi connectivity index (χ4n) is 3.63. The Morgan fingerprint density at radius 1 is 1.42 bits per heavy atom. The molecule has 3 heterocycles. The van der Waals surface area contributed by atoms with E-state index in [-0.39, 0.29) is 18.9 Å². The van der Waals surface area contributed by atoms with Crippen LogP contribution < -0.4 is 0 Å². The van der Waals surface area contributed by atoms with E-state index in [0.717, 1.165) is 0 Å². The maximum atomic E-state index is 12.8. The topological polar surface area (TPSA) is 100 Å². The van der Waals surface area contributed by atoms with Crippen molar-refractivity contribution in [2.45, 2.75) is 32.3 Å². The second-order valence-corrected chi connectivity index (χ2v) is 6.46. The summed E-state index contributed by atoms with van der Waals surface area (Å²) in [6.45, 7) is 2.23. The van der Waals surface area contributed by atoms with E-state index in [9.17, 15) is 19.8 Å². The molecule has 1 amide bonds. The minimum Gasteiger partial charge on any atom is -0.481 e. The molecule has 130 valence electrons. The van der Waals surface area contributed by atoms with Crippen molar-refractivity contribution in [3.8, 4) is 0 Å². The van der Waals surface area contributed by atoms with Crippen molar-refractivity contribution >= 4 is 17.5 Å².